The van der Waals surface area contributed by atoms with Gasteiger partial charge in [0, 0.05) is 13.2 Å². The van der Waals surface area contributed by atoms with Gasteiger partial charge in [-0.3, -0.25) is 0 Å². The summed E-state index contributed by atoms with van der Waals surface area (Å²) in [6, 6.07) is 6.32. The highest BCUT2D eigenvalue weighted by Crippen LogP contribution is 2.25. The average Bonchev–Trinajstić information content (AvgIpc) is 2.34. The van der Waals surface area contributed by atoms with Gasteiger partial charge in [0.05, 0.1) is 18.4 Å². The van der Waals surface area contributed by atoms with Crippen molar-refractivity contribution < 1.29 is 23.4 Å². The van der Waals surface area contributed by atoms with Gasteiger partial charge in [-0.25, -0.2) is 0 Å². The summed E-state index contributed by atoms with van der Waals surface area (Å²) in [4.78, 5) is 0. The van der Waals surface area contributed by atoms with Gasteiger partial charge in [0.2, 0.25) is 0 Å². The Hall–Kier alpha value is -1.40. The first-order valence-corrected chi connectivity index (χ1v) is 5.67. The fourth-order valence-corrected chi connectivity index (χ4v) is 1.35. The summed E-state index contributed by atoms with van der Waals surface area (Å²) >= 11 is 0. The lowest BCUT2D eigenvalue weighted by Gasteiger charge is -2.15. The van der Waals surface area contributed by atoms with E-state index in [4.69, 9.17) is 4.74 Å². The van der Waals surface area contributed by atoms with Gasteiger partial charge in [-0.05, 0) is 19.1 Å². The molecule has 1 unspecified atom stereocenters. The molecule has 0 fully saturated rings. The molecule has 102 valence electrons. The molecule has 18 heavy (non-hydrogen) atoms. The van der Waals surface area contributed by atoms with E-state index in [9.17, 15) is 13.9 Å². The van der Waals surface area contributed by atoms with Crippen molar-refractivity contribution in [1.82, 2.24) is 0 Å². The van der Waals surface area contributed by atoms with Crippen molar-refractivity contribution in [1.29, 1.82) is 0 Å². The van der Waals surface area contributed by atoms with Crippen LogP contribution in [0.25, 0.3) is 0 Å². The number of anilines is 1. The first-order valence-electron chi connectivity index (χ1n) is 5.67. The molecule has 0 heterocycles. The molecule has 1 aromatic rings. The smallest absolute Gasteiger partial charge is 0.387 e. The molecule has 0 aliphatic rings. The Kier molecular flexibility index (Phi) is 6.38. The number of rotatable bonds is 8. The number of hydrogen-bond acceptors (Lipinski definition) is 4. The van der Waals surface area contributed by atoms with E-state index in [1.165, 1.54) is 6.07 Å². The number of benzene rings is 1. The molecule has 0 saturated heterocycles. The minimum atomic E-state index is -2.87. The number of hydrogen-bond donors (Lipinski definition) is 2. The quantitative estimate of drug-likeness (QED) is 0.752. The van der Waals surface area contributed by atoms with E-state index in [2.05, 4.69) is 10.1 Å². The Labute approximate surface area is 105 Å². The number of ether oxygens (including phenoxy) is 2. The number of aliphatic hydroxyl groups excluding tert-OH is 1. The summed E-state index contributed by atoms with van der Waals surface area (Å²) in [6.07, 6.45) is -0.704. The molecule has 0 spiro atoms. The maximum Gasteiger partial charge on any atom is 0.387 e. The average molecular weight is 261 g/mol. The largest absolute Gasteiger partial charge is 0.433 e. The van der Waals surface area contributed by atoms with Crippen LogP contribution in [0.5, 0.6) is 5.75 Å². The maximum atomic E-state index is 12.1. The molecule has 6 heteroatoms. The third kappa shape index (κ3) is 5.29. The summed E-state index contributed by atoms with van der Waals surface area (Å²) in [7, 11) is 0. The van der Waals surface area contributed by atoms with Gasteiger partial charge < -0.3 is 19.9 Å². The van der Waals surface area contributed by atoms with Gasteiger partial charge in [-0.15, -0.1) is 0 Å². The van der Waals surface area contributed by atoms with E-state index in [-0.39, 0.29) is 18.9 Å². The van der Waals surface area contributed by atoms with Gasteiger partial charge >= 0.3 is 6.61 Å². The van der Waals surface area contributed by atoms with Crippen LogP contribution in [-0.4, -0.2) is 37.6 Å². The fraction of sp³-hybridized carbons (Fsp3) is 0.500. The molecule has 4 nitrogen and oxygen atoms in total. The van der Waals surface area contributed by atoms with Gasteiger partial charge in [0.15, 0.2) is 0 Å². The van der Waals surface area contributed by atoms with Crippen LogP contribution in [0.15, 0.2) is 24.3 Å². The highest BCUT2D eigenvalue weighted by molar-refractivity contribution is 5.56. The number of para-hydroxylation sites is 2. The van der Waals surface area contributed by atoms with E-state index >= 15 is 0 Å². The fourth-order valence-electron chi connectivity index (χ4n) is 1.35. The maximum absolute atomic E-state index is 12.1. The van der Waals surface area contributed by atoms with Crippen LogP contribution in [0.4, 0.5) is 14.5 Å². The second-order valence-corrected chi connectivity index (χ2v) is 3.57. The number of alkyl halides is 2. The van der Waals surface area contributed by atoms with Gasteiger partial charge in [0.25, 0.3) is 0 Å². The number of halogens is 2. The van der Waals surface area contributed by atoms with Crippen molar-refractivity contribution in [2.75, 3.05) is 25.1 Å². The topological polar surface area (TPSA) is 50.7 Å². The lowest BCUT2D eigenvalue weighted by Crippen LogP contribution is -2.25. The van der Waals surface area contributed by atoms with Crippen LogP contribution in [-0.2, 0) is 4.74 Å². The molecule has 0 bridgehead atoms. The standard InChI is InChI=1S/C12H17F2NO3/c1-2-17-8-9(16)7-15-10-5-3-4-6-11(10)18-12(13)14/h3-6,9,12,15-16H,2,7-8H2,1H3. The normalized spacial score (nSPS) is 12.5. The second kappa shape index (κ2) is 7.84. The molecule has 1 aromatic carbocycles. The molecular weight excluding hydrogens is 244 g/mol. The zero-order chi connectivity index (χ0) is 13.4. The highest BCUT2D eigenvalue weighted by Gasteiger charge is 2.10. The van der Waals surface area contributed by atoms with Crippen molar-refractivity contribution in [3.05, 3.63) is 24.3 Å². The Balaban J connectivity index is 2.50. The molecule has 0 aliphatic heterocycles. The monoisotopic (exact) mass is 261 g/mol. The van der Waals surface area contributed by atoms with Gasteiger partial charge in [0.1, 0.15) is 5.75 Å². The summed E-state index contributed by atoms with van der Waals surface area (Å²) in [6.45, 7) is -0.139. The molecule has 1 atom stereocenters. The zero-order valence-corrected chi connectivity index (χ0v) is 10.1. The van der Waals surface area contributed by atoms with E-state index < -0.39 is 12.7 Å². The lowest BCUT2D eigenvalue weighted by molar-refractivity contribution is -0.0493. The van der Waals surface area contributed by atoms with Crippen LogP contribution in [0.2, 0.25) is 0 Å². The Morgan fingerprint density at radius 1 is 1.33 bits per heavy atom. The van der Waals surface area contributed by atoms with E-state index in [1.54, 1.807) is 18.2 Å². The number of aliphatic hydroxyl groups is 1. The molecule has 0 aromatic heterocycles. The first-order chi connectivity index (χ1) is 8.63. The van der Waals surface area contributed by atoms with Crippen LogP contribution < -0.4 is 10.1 Å². The SMILES string of the molecule is CCOCC(O)CNc1ccccc1OC(F)F. The van der Waals surface area contributed by atoms with Crippen LogP contribution in [0.3, 0.4) is 0 Å². The molecule has 2 N–H and O–H groups in total. The van der Waals surface area contributed by atoms with Crippen molar-refractivity contribution in [2.45, 2.75) is 19.6 Å². The third-order valence-corrected chi connectivity index (χ3v) is 2.15. The molecule has 0 saturated carbocycles. The van der Waals surface area contributed by atoms with Crippen molar-refractivity contribution >= 4 is 5.69 Å². The van der Waals surface area contributed by atoms with Gasteiger partial charge in [-0.1, -0.05) is 12.1 Å². The molecule has 0 aliphatic carbocycles. The van der Waals surface area contributed by atoms with Crippen LogP contribution in [0, 0.1) is 0 Å². The first kappa shape index (κ1) is 14.7. The van der Waals surface area contributed by atoms with E-state index in [0.717, 1.165) is 0 Å². The summed E-state index contributed by atoms with van der Waals surface area (Å²) in [5.41, 5.74) is 0.411. The Bertz CT molecular complexity index is 350. The minimum Gasteiger partial charge on any atom is -0.433 e. The zero-order valence-electron chi connectivity index (χ0n) is 10.1. The van der Waals surface area contributed by atoms with Crippen molar-refractivity contribution in [3.8, 4) is 5.75 Å². The van der Waals surface area contributed by atoms with Crippen LogP contribution in [0.1, 0.15) is 6.92 Å². The Morgan fingerprint density at radius 3 is 2.72 bits per heavy atom. The summed E-state index contributed by atoms with van der Waals surface area (Å²) in [5.74, 6) is 0.0520. The molecule has 0 radical (unpaired) electrons. The summed E-state index contributed by atoms with van der Waals surface area (Å²) in [5, 5.41) is 12.4. The third-order valence-electron chi connectivity index (χ3n) is 2.15. The van der Waals surface area contributed by atoms with Gasteiger partial charge in [-0.2, -0.15) is 8.78 Å². The van der Waals surface area contributed by atoms with Crippen molar-refractivity contribution in [3.63, 3.8) is 0 Å². The lowest BCUT2D eigenvalue weighted by atomic mass is 10.2. The number of nitrogens with one attached hydrogen (secondary N) is 1. The molecular formula is C12H17F2NO3. The molecule has 0 amide bonds. The minimum absolute atomic E-state index is 0.0520. The molecule has 1 rings (SSSR count). The second-order valence-electron chi connectivity index (χ2n) is 3.57. The van der Waals surface area contributed by atoms with E-state index in [1.807, 2.05) is 6.92 Å². The van der Waals surface area contributed by atoms with Crippen LogP contribution >= 0.6 is 0 Å². The van der Waals surface area contributed by atoms with Crippen molar-refractivity contribution in [2.24, 2.45) is 0 Å². The highest BCUT2D eigenvalue weighted by atomic mass is 19.3. The Morgan fingerprint density at radius 2 is 2.06 bits per heavy atom. The summed E-state index contributed by atoms with van der Waals surface area (Å²) < 4.78 is 33.7. The predicted octanol–water partition coefficient (Wildman–Crippen LogP) is 2.10. The predicted molar refractivity (Wildman–Crippen MR) is 64.1 cm³/mol. The van der Waals surface area contributed by atoms with E-state index in [0.29, 0.717) is 12.3 Å².